The highest BCUT2D eigenvalue weighted by Gasteiger charge is 2.18. The van der Waals surface area contributed by atoms with Crippen molar-refractivity contribution in [3.63, 3.8) is 0 Å². The number of primary sulfonamides is 1. The minimum Gasteiger partial charge on any atom is -0.282 e. The van der Waals surface area contributed by atoms with Gasteiger partial charge in [-0.1, -0.05) is 11.6 Å². The van der Waals surface area contributed by atoms with E-state index in [0.29, 0.717) is 0 Å². The number of hydrogen-bond donors (Lipinski definition) is 2. The van der Waals surface area contributed by atoms with Crippen LogP contribution in [0.1, 0.15) is 13.8 Å². The molecule has 0 fully saturated rings. The van der Waals surface area contributed by atoms with Crippen LogP contribution in [0.5, 0.6) is 0 Å². The van der Waals surface area contributed by atoms with Crippen LogP contribution in [0.2, 0.25) is 5.02 Å². The Morgan fingerprint density at radius 2 is 1.78 bits per heavy atom. The van der Waals surface area contributed by atoms with E-state index < -0.39 is 25.3 Å². The standard InChI is InChI=1S/C9H13ClN2O4S2/c1-6(2)18(15,16)12-9-4-3-7(5-8(9)10)17(11,13)14/h3-6,12H,1-2H3,(H2,11,13,14). The van der Waals surface area contributed by atoms with E-state index in [1.807, 2.05) is 0 Å². The predicted molar refractivity (Wildman–Crippen MR) is 70.5 cm³/mol. The van der Waals surface area contributed by atoms with Crippen LogP contribution in [0, 0.1) is 0 Å². The number of nitrogens with one attached hydrogen (secondary N) is 1. The van der Waals surface area contributed by atoms with Gasteiger partial charge in [0.15, 0.2) is 0 Å². The molecule has 1 rings (SSSR count). The molecule has 0 bridgehead atoms. The lowest BCUT2D eigenvalue weighted by molar-refractivity contribution is 0.592. The minimum absolute atomic E-state index is 0.0363. The third-order valence-corrected chi connectivity index (χ3v) is 5.11. The van der Waals surface area contributed by atoms with Gasteiger partial charge in [-0.15, -0.1) is 0 Å². The summed E-state index contributed by atoms with van der Waals surface area (Å²) in [5.41, 5.74) is 0.109. The molecular formula is C9H13ClN2O4S2. The molecule has 18 heavy (non-hydrogen) atoms. The Morgan fingerprint density at radius 3 is 2.17 bits per heavy atom. The van der Waals surface area contributed by atoms with Crippen molar-refractivity contribution >= 4 is 37.3 Å². The summed E-state index contributed by atoms with van der Waals surface area (Å²) in [6.07, 6.45) is 0. The summed E-state index contributed by atoms with van der Waals surface area (Å²) < 4.78 is 47.7. The number of hydrogen-bond acceptors (Lipinski definition) is 4. The Morgan fingerprint density at radius 1 is 1.22 bits per heavy atom. The molecule has 3 N–H and O–H groups in total. The molecule has 0 atom stereocenters. The Hall–Kier alpha value is -0.830. The van der Waals surface area contributed by atoms with Crippen molar-refractivity contribution < 1.29 is 16.8 Å². The smallest absolute Gasteiger partial charge is 0.238 e. The maximum atomic E-state index is 11.6. The highest BCUT2D eigenvalue weighted by atomic mass is 35.5. The van der Waals surface area contributed by atoms with Crippen molar-refractivity contribution in [2.24, 2.45) is 5.14 Å². The molecule has 0 aliphatic carbocycles. The van der Waals surface area contributed by atoms with E-state index in [0.717, 1.165) is 6.07 Å². The van der Waals surface area contributed by atoms with Gasteiger partial charge >= 0.3 is 0 Å². The number of benzene rings is 1. The van der Waals surface area contributed by atoms with Crippen molar-refractivity contribution in [2.75, 3.05) is 4.72 Å². The van der Waals surface area contributed by atoms with Crippen LogP contribution in [-0.2, 0) is 20.0 Å². The maximum Gasteiger partial charge on any atom is 0.238 e. The first-order valence-corrected chi connectivity index (χ1v) is 8.35. The molecule has 102 valence electrons. The van der Waals surface area contributed by atoms with Gasteiger partial charge in [0.1, 0.15) is 0 Å². The summed E-state index contributed by atoms with van der Waals surface area (Å²) in [5.74, 6) is 0. The zero-order chi connectivity index (χ0) is 14.1. The molecule has 0 saturated carbocycles. The third-order valence-electron chi connectivity index (χ3n) is 2.14. The van der Waals surface area contributed by atoms with Crippen LogP contribution in [0.15, 0.2) is 23.1 Å². The highest BCUT2D eigenvalue weighted by molar-refractivity contribution is 7.93. The second kappa shape index (κ2) is 5.04. The fraction of sp³-hybridized carbons (Fsp3) is 0.333. The fourth-order valence-corrected chi connectivity index (χ4v) is 2.64. The van der Waals surface area contributed by atoms with Crippen LogP contribution in [0.4, 0.5) is 5.69 Å². The third kappa shape index (κ3) is 3.58. The van der Waals surface area contributed by atoms with Crippen LogP contribution in [-0.4, -0.2) is 22.1 Å². The molecule has 0 aliphatic heterocycles. The molecule has 0 aliphatic rings. The van der Waals surface area contributed by atoms with E-state index >= 15 is 0 Å². The van der Waals surface area contributed by atoms with Crippen molar-refractivity contribution in [1.82, 2.24) is 0 Å². The quantitative estimate of drug-likeness (QED) is 0.869. The summed E-state index contributed by atoms with van der Waals surface area (Å²) in [6, 6.07) is 3.52. The van der Waals surface area contributed by atoms with Gasteiger partial charge < -0.3 is 0 Å². The molecule has 0 radical (unpaired) electrons. The lowest BCUT2D eigenvalue weighted by Gasteiger charge is -2.12. The number of halogens is 1. The molecule has 0 amide bonds. The molecular weight excluding hydrogens is 300 g/mol. The van der Waals surface area contributed by atoms with Gasteiger partial charge in [0, 0.05) is 0 Å². The zero-order valence-corrected chi connectivity index (χ0v) is 12.1. The first-order chi connectivity index (χ1) is 8.04. The lowest BCUT2D eigenvalue weighted by Crippen LogP contribution is -2.22. The summed E-state index contributed by atoms with van der Waals surface area (Å²) in [4.78, 5) is -0.181. The van der Waals surface area contributed by atoms with Gasteiger partial charge in [0.2, 0.25) is 20.0 Å². The molecule has 0 unspecified atom stereocenters. The van der Waals surface area contributed by atoms with E-state index in [4.69, 9.17) is 16.7 Å². The molecule has 0 spiro atoms. The first-order valence-electron chi connectivity index (χ1n) is 4.88. The molecule has 0 saturated heterocycles. The number of anilines is 1. The predicted octanol–water partition coefficient (Wildman–Crippen LogP) is 1.14. The minimum atomic E-state index is -3.86. The molecule has 0 aromatic heterocycles. The van der Waals surface area contributed by atoms with E-state index in [1.165, 1.54) is 26.0 Å². The molecule has 6 nitrogen and oxygen atoms in total. The molecule has 1 aromatic rings. The van der Waals surface area contributed by atoms with Crippen LogP contribution in [0.3, 0.4) is 0 Å². The number of rotatable bonds is 4. The zero-order valence-electron chi connectivity index (χ0n) is 9.71. The lowest BCUT2D eigenvalue weighted by atomic mass is 10.3. The van der Waals surface area contributed by atoms with Gasteiger partial charge in [-0.05, 0) is 32.0 Å². The average Bonchev–Trinajstić information content (AvgIpc) is 2.19. The SMILES string of the molecule is CC(C)S(=O)(=O)Nc1ccc(S(N)(=O)=O)cc1Cl. The van der Waals surface area contributed by atoms with E-state index in [-0.39, 0.29) is 15.6 Å². The van der Waals surface area contributed by atoms with E-state index in [2.05, 4.69) is 4.72 Å². The van der Waals surface area contributed by atoms with Gasteiger partial charge in [-0.25, -0.2) is 22.0 Å². The van der Waals surface area contributed by atoms with Crippen LogP contribution < -0.4 is 9.86 Å². The average molecular weight is 313 g/mol. The fourth-order valence-electron chi connectivity index (χ4n) is 1.03. The van der Waals surface area contributed by atoms with Gasteiger partial charge in [-0.3, -0.25) is 4.72 Å². The van der Waals surface area contributed by atoms with Crippen molar-refractivity contribution in [3.8, 4) is 0 Å². The Labute approximate surface area is 111 Å². The first kappa shape index (κ1) is 15.2. The highest BCUT2D eigenvalue weighted by Crippen LogP contribution is 2.26. The normalized spacial score (nSPS) is 12.7. The summed E-state index contributed by atoms with van der Waals surface area (Å²) in [6.45, 7) is 3.02. The van der Waals surface area contributed by atoms with Crippen LogP contribution in [0.25, 0.3) is 0 Å². The monoisotopic (exact) mass is 312 g/mol. The van der Waals surface area contributed by atoms with Crippen molar-refractivity contribution in [2.45, 2.75) is 24.0 Å². The topological polar surface area (TPSA) is 106 Å². The van der Waals surface area contributed by atoms with Crippen molar-refractivity contribution in [3.05, 3.63) is 23.2 Å². The Balaban J connectivity index is 3.16. The number of nitrogens with two attached hydrogens (primary N) is 1. The largest absolute Gasteiger partial charge is 0.282 e. The van der Waals surface area contributed by atoms with E-state index in [9.17, 15) is 16.8 Å². The summed E-state index contributed by atoms with van der Waals surface area (Å²) >= 11 is 5.80. The molecule has 9 heteroatoms. The van der Waals surface area contributed by atoms with E-state index in [1.54, 1.807) is 0 Å². The van der Waals surface area contributed by atoms with Gasteiger partial charge in [-0.2, -0.15) is 0 Å². The Bertz CT molecular complexity index is 653. The van der Waals surface area contributed by atoms with Gasteiger partial charge in [0.25, 0.3) is 0 Å². The second-order valence-corrected chi connectivity index (χ2v) is 8.09. The number of sulfonamides is 2. The van der Waals surface area contributed by atoms with Crippen molar-refractivity contribution in [1.29, 1.82) is 0 Å². The summed E-state index contributed by atoms with van der Waals surface area (Å²) in [7, 11) is -7.40. The van der Waals surface area contributed by atoms with Gasteiger partial charge in [0.05, 0.1) is 20.9 Å². The molecule has 1 aromatic carbocycles. The maximum absolute atomic E-state index is 11.6. The second-order valence-electron chi connectivity index (χ2n) is 3.88. The Kier molecular flexibility index (Phi) is 4.26. The summed E-state index contributed by atoms with van der Waals surface area (Å²) in [5, 5.41) is 4.26. The molecule has 0 heterocycles. The van der Waals surface area contributed by atoms with Crippen LogP contribution >= 0.6 is 11.6 Å².